The minimum atomic E-state index is 0.963. The van der Waals surface area contributed by atoms with E-state index < -0.39 is 0 Å². The van der Waals surface area contributed by atoms with Crippen molar-refractivity contribution in [3.63, 3.8) is 0 Å². The predicted molar refractivity (Wildman–Crippen MR) is 52.9 cm³/mol. The Bertz CT molecular complexity index is 467. The summed E-state index contributed by atoms with van der Waals surface area (Å²) in [5.41, 5.74) is 3.82. The van der Waals surface area contributed by atoms with E-state index in [2.05, 4.69) is 29.0 Å². The number of fused-ring (bicyclic) bond motifs is 3. The summed E-state index contributed by atoms with van der Waals surface area (Å²) in [6.45, 7) is 0. The molecule has 1 aliphatic rings. The Hall–Kier alpha value is -1.51. The molecule has 2 heterocycles. The van der Waals surface area contributed by atoms with Crippen molar-refractivity contribution in [2.24, 2.45) is 7.05 Å². The van der Waals surface area contributed by atoms with Crippen molar-refractivity contribution in [1.82, 2.24) is 9.72 Å². The Morgan fingerprint density at radius 1 is 1.36 bits per heavy atom. The zero-order valence-electron chi connectivity index (χ0n) is 8.16. The van der Waals surface area contributed by atoms with Crippen molar-refractivity contribution in [2.45, 2.75) is 19.3 Å². The summed E-state index contributed by atoms with van der Waals surface area (Å²) in [5, 5.41) is 3.88. The Morgan fingerprint density at radius 2 is 2.21 bits per heavy atom. The lowest BCUT2D eigenvalue weighted by Crippen LogP contribution is -1.91. The molecule has 0 aliphatic heterocycles. The molecule has 0 bridgehead atoms. The van der Waals surface area contributed by atoms with Gasteiger partial charge in [-0.25, -0.2) is 0 Å². The molecule has 0 aromatic carbocycles. The summed E-state index contributed by atoms with van der Waals surface area (Å²) < 4.78 is 7.45. The molecule has 3 nitrogen and oxygen atoms in total. The standard InChI is InChI=1S/C11H12N2O/c1-13-6-5-8-3-2-4-9-7-12-14-11(9)10(8)13/h5-7H,2-4H2,1H3. The van der Waals surface area contributed by atoms with E-state index >= 15 is 0 Å². The summed E-state index contributed by atoms with van der Waals surface area (Å²) >= 11 is 0. The van der Waals surface area contributed by atoms with Gasteiger partial charge in [0.05, 0.1) is 11.9 Å². The number of hydrogen-bond donors (Lipinski definition) is 0. The summed E-state index contributed by atoms with van der Waals surface area (Å²) in [4.78, 5) is 0. The fourth-order valence-electron chi connectivity index (χ4n) is 2.19. The van der Waals surface area contributed by atoms with Crippen LogP contribution < -0.4 is 0 Å². The van der Waals surface area contributed by atoms with Gasteiger partial charge in [0, 0.05) is 18.8 Å². The van der Waals surface area contributed by atoms with E-state index in [4.69, 9.17) is 4.52 Å². The molecule has 72 valence electrons. The Morgan fingerprint density at radius 3 is 3.14 bits per heavy atom. The van der Waals surface area contributed by atoms with Crippen molar-refractivity contribution in [3.05, 3.63) is 29.6 Å². The fraction of sp³-hybridized carbons (Fsp3) is 0.364. The van der Waals surface area contributed by atoms with Crippen LogP contribution in [0.2, 0.25) is 0 Å². The van der Waals surface area contributed by atoms with E-state index in [1.165, 1.54) is 23.2 Å². The largest absolute Gasteiger partial charge is 0.354 e. The van der Waals surface area contributed by atoms with Crippen LogP contribution in [0.1, 0.15) is 17.5 Å². The molecule has 0 fully saturated rings. The molecule has 0 radical (unpaired) electrons. The molecule has 1 aliphatic carbocycles. The van der Waals surface area contributed by atoms with Crippen LogP contribution in [0.15, 0.2) is 23.0 Å². The van der Waals surface area contributed by atoms with Crippen molar-refractivity contribution in [2.75, 3.05) is 0 Å². The predicted octanol–water partition coefficient (Wildman–Crippen LogP) is 2.17. The Kier molecular flexibility index (Phi) is 1.54. The van der Waals surface area contributed by atoms with Crippen LogP contribution in [0.3, 0.4) is 0 Å². The van der Waals surface area contributed by atoms with Gasteiger partial charge in [-0.05, 0) is 30.9 Å². The van der Waals surface area contributed by atoms with Gasteiger partial charge in [0.25, 0.3) is 0 Å². The lowest BCUT2D eigenvalue weighted by atomic mass is 10.1. The summed E-state index contributed by atoms with van der Waals surface area (Å²) in [6.07, 6.45) is 7.33. The van der Waals surface area contributed by atoms with Crippen molar-refractivity contribution in [3.8, 4) is 11.5 Å². The van der Waals surface area contributed by atoms with E-state index in [0.717, 1.165) is 18.6 Å². The highest BCUT2D eigenvalue weighted by Gasteiger charge is 2.20. The van der Waals surface area contributed by atoms with Crippen LogP contribution in [-0.2, 0) is 19.9 Å². The third kappa shape index (κ3) is 0.953. The first-order chi connectivity index (χ1) is 6.86. The van der Waals surface area contributed by atoms with Gasteiger partial charge >= 0.3 is 0 Å². The molecule has 0 saturated heterocycles. The number of hydrogen-bond acceptors (Lipinski definition) is 2. The van der Waals surface area contributed by atoms with Gasteiger partial charge in [-0.1, -0.05) is 5.16 Å². The third-order valence-corrected chi connectivity index (χ3v) is 2.91. The van der Waals surface area contributed by atoms with Crippen LogP contribution in [0.4, 0.5) is 0 Å². The molecular formula is C11H12N2O. The number of rotatable bonds is 0. The van der Waals surface area contributed by atoms with Gasteiger partial charge in [-0.3, -0.25) is 0 Å². The van der Waals surface area contributed by atoms with Gasteiger partial charge < -0.3 is 9.09 Å². The van der Waals surface area contributed by atoms with Crippen molar-refractivity contribution >= 4 is 0 Å². The van der Waals surface area contributed by atoms with Gasteiger partial charge in [-0.15, -0.1) is 0 Å². The zero-order chi connectivity index (χ0) is 9.54. The van der Waals surface area contributed by atoms with Crippen LogP contribution in [-0.4, -0.2) is 9.72 Å². The third-order valence-electron chi connectivity index (χ3n) is 2.91. The molecule has 0 saturated carbocycles. The highest BCUT2D eigenvalue weighted by Crippen LogP contribution is 2.32. The van der Waals surface area contributed by atoms with Gasteiger partial charge in [0.1, 0.15) is 0 Å². The van der Waals surface area contributed by atoms with Gasteiger partial charge in [0.2, 0.25) is 0 Å². The number of aromatic nitrogens is 2. The number of aryl methyl sites for hydroxylation is 3. The summed E-state index contributed by atoms with van der Waals surface area (Å²) in [7, 11) is 2.05. The minimum Gasteiger partial charge on any atom is -0.354 e. The summed E-state index contributed by atoms with van der Waals surface area (Å²) in [5.74, 6) is 0.963. The van der Waals surface area contributed by atoms with E-state index in [0.29, 0.717) is 0 Å². The van der Waals surface area contributed by atoms with E-state index in [1.54, 1.807) is 0 Å². The second-order valence-electron chi connectivity index (χ2n) is 3.83. The highest BCUT2D eigenvalue weighted by atomic mass is 16.5. The van der Waals surface area contributed by atoms with E-state index in [9.17, 15) is 0 Å². The first-order valence-electron chi connectivity index (χ1n) is 4.94. The first-order valence-corrected chi connectivity index (χ1v) is 4.94. The first kappa shape index (κ1) is 7.85. The van der Waals surface area contributed by atoms with Gasteiger partial charge in [-0.2, -0.15) is 0 Å². The van der Waals surface area contributed by atoms with Crippen LogP contribution >= 0.6 is 0 Å². The Balaban J connectivity index is 2.30. The average Bonchev–Trinajstić information content (AvgIpc) is 2.71. The van der Waals surface area contributed by atoms with Gasteiger partial charge in [0.15, 0.2) is 5.76 Å². The smallest absolute Gasteiger partial charge is 0.186 e. The molecule has 0 N–H and O–H groups in total. The average molecular weight is 188 g/mol. The molecular weight excluding hydrogens is 176 g/mol. The molecule has 0 unspecified atom stereocenters. The SMILES string of the molecule is Cn1ccc2c1-c1oncc1CCC2. The molecule has 3 heteroatoms. The molecule has 14 heavy (non-hydrogen) atoms. The maximum absolute atomic E-state index is 5.33. The molecule has 2 aromatic rings. The molecule has 2 aromatic heterocycles. The highest BCUT2D eigenvalue weighted by molar-refractivity contribution is 5.62. The monoisotopic (exact) mass is 188 g/mol. The normalized spacial score (nSPS) is 14.6. The van der Waals surface area contributed by atoms with Crippen LogP contribution in [0, 0.1) is 0 Å². The van der Waals surface area contributed by atoms with Crippen LogP contribution in [0.5, 0.6) is 0 Å². The van der Waals surface area contributed by atoms with Crippen molar-refractivity contribution < 1.29 is 4.52 Å². The molecule has 0 amide bonds. The quantitative estimate of drug-likeness (QED) is 0.634. The number of nitrogens with zero attached hydrogens (tertiary/aromatic N) is 2. The Labute approximate surface area is 82.3 Å². The van der Waals surface area contributed by atoms with E-state index in [-0.39, 0.29) is 0 Å². The van der Waals surface area contributed by atoms with E-state index in [1.807, 2.05) is 6.20 Å². The lowest BCUT2D eigenvalue weighted by molar-refractivity contribution is 0.429. The molecule has 3 rings (SSSR count). The molecule has 0 spiro atoms. The maximum Gasteiger partial charge on any atom is 0.186 e. The minimum absolute atomic E-state index is 0.963. The second kappa shape index (κ2) is 2.74. The van der Waals surface area contributed by atoms with Crippen molar-refractivity contribution in [1.29, 1.82) is 0 Å². The van der Waals surface area contributed by atoms with Crippen LogP contribution in [0.25, 0.3) is 11.5 Å². The summed E-state index contributed by atoms with van der Waals surface area (Å²) in [6, 6.07) is 2.17. The topological polar surface area (TPSA) is 31.0 Å². The molecule has 0 atom stereocenters. The fourth-order valence-corrected chi connectivity index (χ4v) is 2.19. The lowest BCUT2D eigenvalue weighted by Gasteiger charge is -2.01. The maximum atomic E-state index is 5.33. The second-order valence-corrected chi connectivity index (χ2v) is 3.83. The zero-order valence-corrected chi connectivity index (χ0v) is 8.16.